The number of sulfonamides is 1. The van der Waals surface area contributed by atoms with E-state index in [2.05, 4.69) is 20.0 Å². The highest BCUT2D eigenvalue weighted by Gasteiger charge is 2.12. The molecule has 2 N–H and O–H groups in total. The van der Waals surface area contributed by atoms with E-state index < -0.39 is 10.0 Å². The van der Waals surface area contributed by atoms with Crippen molar-refractivity contribution < 1.29 is 13.2 Å². The number of nitrogens with zero attached hydrogens (tertiary/aromatic N) is 3. The minimum atomic E-state index is -3.38. The van der Waals surface area contributed by atoms with Gasteiger partial charge in [-0.3, -0.25) is 18.9 Å². The third kappa shape index (κ3) is 4.89. The third-order valence-electron chi connectivity index (χ3n) is 4.74. The highest BCUT2D eigenvalue weighted by Crippen LogP contribution is 2.23. The molecule has 0 bridgehead atoms. The molecule has 2 heterocycles. The molecule has 2 aromatic heterocycles. The Labute approximate surface area is 180 Å². The Morgan fingerprint density at radius 3 is 2.65 bits per heavy atom. The molecule has 0 saturated heterocycles. The summed E-state index contributed by atoms with van der Waals surface area (Å²) in [6.45, 7) is 1.97. The van der Waals surface area contributed by atoms with E-state index in [1.165, 1.54) is 0 Å². The predicted molar refractivity (Wildman–Crippen MR) is 120 cm³/mol. The van der Waals surface area contributed by atoms with Crippen molar-refractivity contribution in [1.82, 2.24) is 14.4 Å². The van der Waals surface area contributed by atoms with Gasteiger partial charge in [-0.25, -0.2) is 13.4 Å². The molecule has 4 aromatic rings. The Morgan fingerprint density at radius 2 is 1.87 bits per heavy atom. The van der Waals surface area contributed by atoms with Crippen LogP contribution in [0.25, 0.3) is 16.9 Å². The van der Waals surface area contributed by atoms with Gasteiger partial charge in [0.2, 0.25) is 15.9 Å². The summed E-state index contributed by atoms with van der Waals surface area (Å²) in [4.78, 5) is 21.3. The van der Waals surface area contributed by atoms with Crippen molar-refractivity contribution in [3.05, 3.63) is 78.2 Å². The number of aromatic nitrogens is 3. The normalized spacial score (nSPS) is 11.4. The summed E-state index contributed by atoms with van der Waals surface area (Å²) in [6.07, 6.45) is 6.30. The predicted octanol–water partition coefficient (Wildman–Crippen LogP) is 3.26. The van der Waals surface area contributed by atoms with Crippen LogP contribution in [-0.4, -0.2) is 34.9 Å². The fourth-order valence-electron chi connectivity index (χ4n) is 3.26. The number of hydrogen-bond acceptors (Lipinski definition) is 5. The van der Waals surface area contributed by atoms with Crippen LogP contribution in [0.1, 0.15) is 11.1 Å². The molecule has 0 aliphatic heterocycles. The van der Waals surface area contributed by atoms with Crippen molar-refractivity contribution in [1.29, 1.82) is 0 Å². The van der Waals surface area contributed by atoms with E-state index in [4.69, 9.17) is 0 Å². The molecule has 1 amide bonds. The molecule has 0 spiro atoms. The first kappa shape index (κ1) is 20.5. The summed E-state index contributed by atoms with van der Waals surface area (Å²) in [5, 5.41) is 2.90. The quantitative estimate of drug-likeness (QED) is 0.484. The van der Waals surface area contributed by atoms with Crippen LogP contribution in [0.3, 0.4) is 0 Å². The zero-order valence-corrected chi connectivity index (χ0v) is 17.8. The molecule has 9 heteroatoms. The zero-order chi connectivity index (χ0) is 22.0. The Bertz CT molecular complexity index is 1380. The summed E-state index contributed by atoms with van der Waals surface area (Å²) >= 11 is 0. The number of carbonyl (C=O) groups excluding carboxylic acids is 1. The average molecular weight is 436 g/mol. The number of aryl methyl sites for hydroxylation is 1. The average Bonchev–Trinajstić information content (AvgIpc) is 3.10. The number of anilines is 2. The van der Waals surface area contributed by atoms with Gasteiger partial charge in [-0.1, -0.05) is 36.4 Å². The van der Waals surface area contributed by atoms with Gasteiger partial charge in [0.15, 0.2) is 5.65 Å². The number of nitrogens with one attached hydrogen (secondary N) is 2. The molecular formula is C22H21N5O3S. The Kier molecular flexibility index (Phi) is 5.43. The van der Waals surface area contributed by atoms with Gasteiger partial charge < -0.3 is 5.32 Å². The molecule has 158 valence electrons. The van der Waals surface area contributed by atoms with Gasteiger partial charge in [0.25, 0.3) is 0 Å². The number of benzene rings is 2. The van der Waals surface area contributed by atoms with Gasteiger partial charge in [-0.15, -0.1) is 0 Å². The van der Waals surface area contributed by atoms with Crippen molar-refractivity contribution in [3.8, 4) is 11.3 Å². The van der Waals surface area contributed by atoms with Gasteiger partial charge in [-0.2, -0.15) is 0 Å². The second-order valence-corrected chi connectivity index (χ2v) is 9.00. The van der Waals surface area contributed by atoms with Crippen molar-refractivity contribution in [2.24, 2.45) is 0 Å². The van der Waals surface area contributed by atoms with E-state index in [0.717, 1.165) is 22.9 Å². The highest BCUT2D eigenvalue weighted by molar-refractivity contribution is 7.92. The maximum Gasteiger partial charge on any atom is 0.229 e. The fraction of sp³-hybridized carbons (Fsp3) is 0.136. The van der Waals surface area contributed by atoms with Crippen LogP contribution in [0.2, 0.25) is 0 Å². The van der Waals surface area contributed by atoms with Crippen LogP contribution in [0.15, 0.2) is 67.1 Å². The lowest BCUT2D eigenvalue weighted by Gasteiger charge is -2.09. The topological polar surface area (TPSA) is 105 Å². The zero-order valence-electron chi connectivity index (χ0n) is 17.0. The van der Waals surface area contributed by atoms with Crippen LogP contribution in [-0.2, 0) is 21.2 Å². The first-order chi connectivity index (χ1) is 14.8. The Hall–Kier alpha value is -3.72. The number of carbonyl (C=O) groups is 1. The second-order valence-electron chi connectivity index (χ2n) is 7.25. The lowest BCUT2D eigenvalue weighted by Crippen LogP contribution is -2.16. The Morgan fingerprint density at radius 1 is 1.06 bits per heavy atom. The lowest BCUT2D eigenvalue weighted by molar-refractivity contribution is -0.115. The molecule has 31 heavy (non-hydrogen) atoms. The largest absolute Gasteiger partial charge is 0.310 e. The van der Waals surface area contributed by atoms with Gasteiger partial charge in [0.05, 0.1) is 30.8 Å². The number of fused-ring (bicyclic) bond motifs is 1. The number of amides is 1. The van der Waals surface area contributed by atoms with Crippen LogP contribution in [0.5, 0.6) is 0 Å². The SMILES string of the molecule is Cc1ccccc1CC(=O)Nc1cnc2cnc(-c3cccc(NS(C)(=O)=O)c3)cn12. The summed E-state index contributed by atoms with van der Waals surface area (Å²) in [6, 6.07) is 14.7. The van der Waals surface area contributed by atoms with Crippen LogP contribution >= 0.6 is 0 Å². The maximum atomic E-state index is 12.6. The third-order valence-corrected chi connectivity index (χ3v) is 5.34. The van der Waals surface area contributed by atoms with E-state index in [9.17, 15) is 13.2 Å². The van der Waals surface area contributed by atoms with E-state index in [0.29, 0.717) is 22.8 Å². The fourth-order valence-corrected chi connectivity index (χ4v) is 3.81. The van der Waals surface area contributed by atoms with Gasteiger partial charge >= 0.3 is 0 Å². The molecule has 8 nitrogen and oxygen atoms in total. The van der Waals surface area contributed by atoms with E-state index >= 15 is 0 Å². The molecule has 0 aliphatic carbocycles. The lowest BCUT2D eigenvalue weighted by atomic mass is 10.1. The van der Waals surface area contributed by atoms with E-state index in [1.807, 2.05) is 37.3 Å². The van der Waals surface area contributed by atoms with Gasteiger partial charge in [0.1, 0.15) is 5.82 Å². The first-order valence-corrected chi connectivity index (χ1v) is 11.4. The number of imidazole rings is 1. The van der Waals surface area contributed by atoms with Crippen molar-refractivity contribution in [3.63, 3.8) is 0 Å². The van der Waals surface area contributed by atoms with Crippen molar-refractivity contribution in [2.45, 2.75) is 13.3 Å². The standard InChI is InChI=1S/C22H21N5O3S/c1-15-6-3-4-7-16(15)11-22(28)25-21-13-24-20-12-23-19(14-27(20)21)17-8-5-9-18(10-17)26-31(2,29)30/h3-10,12-14,26H,11H2,1-2H3,(H,25,28). The van der Waals surface area contributed by atoms with Crippen molar-refractivity contribution >= 4 is 33.1 Å². The molecule has 2 aromatic carbocycles. The minimum absolute atomic E-state index is 0.145. The molecular weight excluding hydrogens is 414 g/mol. The maximum absolute atomic E-state index is 12.6. The minimum Gasteiger partial charge on any atom is -0.310 e. The summed E-state index contributed by atoms with van der Waals surface area (Å²) in [7, 11) is -3.38. The number of hydrogen-bond donors (Lipinski definition) is 2. The van der Waals surface area contributed by atoms with Crippen LogP contribution in [0.4, 0.5) is 11.5 Å². The van der Waals surface area contributed by atoms with Crippen LogP contribution in [0, 0.1) is 6.92 Å². The summed E-state index contributed by atoms with van der Waals surface area (Å²) in [5.41, 5.74) is 4.38. The van der Waals surface area contributed by atoms with E-state index in [-0.39, 0.29) is 12.3 Å². The highest BCUT2D eigenvalue weighted by atomic mass is 32.2. The smallest absolute Gasteiger partial charge is 0.229 e. The summed E-state index contributed by atoms with van der Waals surface area (Å²) in [5.74, 6) is 0.386. The van der Waals surface area contributed by atoms with Gasteiger partial charge in [0, 0.05) is 17.4 Å². The second kappa shape index (κ2) is 8.19. The Balaban J connectivity index is 1.60. The van der Waals surface area contributed by atoms with E-state index in [1.54, 1.807) is 41.2 Å². The van der Waals surface area contributed by atoms with Crippen molar-refractivity contribution in [2.75, 3.05) is 16.3 Å². The van der Waals surface area contributed by atoms with Gasteiger partial charge in [-0.05, 0) is 30.2 Å². The molecule has 0 atom stereocenters. The van der Waals surface area contributed by atoms with Crippen LogP contribution < -0.4 is 10.0 Å². The first-order valence-electron chi connectivity index (χ1n) is 9.54. The molecule has 4 rings (SSSR count). The molecule has 0 fully saturated rings. The molecule has 0 unspecified atom stereocenters. The molecule has 0 radical (unpaired) electrons. The summed E-state index contributed by atoms with van der Waals surface area (Å²) < 4.78 is 27.2. The molecule has 0 saturated carbocycles. The molecule has 0 aliphatic rings. The monoisotopic (exact) mass is 435 g/mol. The number of rotatable bonds is 6.